The van der Waals surface area contributed by atoms with Gasteiger partial charge in [-0.3, -0.25) is 18.9 Å². The van der Waals surface area contributed by atoms with E-state index < -0.39 is 0 Å². The zero-order valence-electron chi connectivity index (χ0n) is 11.3. The number of aryl methyl sites for hydroxylation is 2. The molecule has 2 aromatic rings. The highest BCUT2D eigenvalue weighted by Gasteiger charge is 2.15. The predicted molar refractivity (Wildman–Crippen MR) is 74.1 cm³/mol. The van der Waals surface area contributed by atoms with E-state index in [1.165, 1.54) is 9.13 Å². The Bertz CT molecular complexity index is 694. The summed E-state index contributed by atoms with van der Waals surface area (Å²) in [6, 6.07) is 0. The lowest BCUT2D eigenvalue weighted by Crippen LogP contribution is -2.23. The molecule has 0 unspecified atom stereocenters. The third kappa shape index (κ3) is 2.40. The highest BCUT2D eigenvalue weighted by atomic mass is 16.2. The summed E-state index contributed by atoms with van der Waals surface area (Å²) in [5, 5.41) is 0. The number of aromatic nitrogens is 4. The Morgan fingerprint density at radius 2 is 2.00 bits per heavy atom. The van der Waals surface area contributed by atoms with Gasteiger partial charge in [0, 0.05) is 13.6 Å². The van der Waals surface area contributed by atoms with E-state index in [-0.39, 0.29) is 22.7 Å². The van der Waals surface area contributed by atoms with Gasteiger partial charge in [0.2, 0.25) is 5.95 Å². The van der Waals surface area contributed by atoms with E-state index in [0.717, 1.165) is 25.7 Å². The van der Waals surface area contributed by atoms with Gasteiger partial charge >= 0.3 is 5.69 Å². The maximum atomic E-state index is 12.1. The molecule has 0 aliphatic heterocycles. The van der Waals surface area contributed by atoms with Crippen molar-refractivity contribution in [2.75, 3.05) is 5.73 Å². The molecule has 0 fully saturated rings. The molecule has 0 saturated carbocycles. The summed E-state index contributed by atoms with van der Waals surface area (Å²) in [6.45, 7) is 2.69. The molecule has 0 atom stereocenters. The highest BCUT2D eigenvalue weighted by molar-refractivity contribution is 5.71. The number of nitrogen functional groups attached to an aromatic ring is 1. The van der Waals surface area contributed by atoms with Crippen molar-refractivity contribution in [1.82, 2.24) is 19.1 Å². The molecule has 3 N–H and O–H groups in total. The number of nitrogens with one attached hydrogen (secondary N) is 1. The first-order valence-electron chi connectivity index (χ1n) is 6.51. The van der Waals surface area contributed by atoms with Crippen LogP contribution in [-0.2, 0) is 13.6 Å². The Morgan fingerprint density at radius 3 is 2.68 bits per heavy atom. The van der Waals surface area contributed by atoms with Gasteiger partial charge in [-0.15, -0.1) is 0 Å². The second-order valence-corrected chi connectivity index (χ2v) is 4.68. The summed E-state index contributed by atoms with van der Waals surface area (Å²) in [5.74, 6) is 0.0328. The maximum absolute atomic E-state index is 12.1. The number of fused-ring (bicyclic) bond motifs is 1. The molecule has 0 aliphatic carbocycles. The number of aromatic amines is 1. The molecule has 2 rings (SSSR count). The number of nitrogens with two attached hydrogens (primary N) is 1. The van der Waals surface area contributed by atoms with Crippen molar-refractivity contribution < 1.29 is 0 Å². The minimum atomic E-state index is -0.380. The van der Waals surface area contributed by atoms with E-state index in [2.05, 4.69) is 16.9 Å². The average Bonchev–Trinajstić information content (AvgIpc) is 2.59. The largest absolute Gasteiger partial charge is 0.369 e. The van der Waals surface area contributed by atoms with Gasteiger partial charge in [0.05, 0.1) is 0 Å². The van der Waals surface area contributed by atoms with Gasteiger partial charge in [-0.1, -0.05) is 26.2 Å². The van der Waals surface area contributed by atoms with E-state index >= 15 is 0 Å². The molecule has 7 nitrogen and oxygen atoms in total. The van der Waals surface area contributed by atoms with Gasteiger partial charge in [0.25, 0.3) is 5.56 Å². The summed E-state index contributed by atoms with van der Waals surface area (Å²) in [4.78, 5) is 30.4. The first-order chi connectivity index (χ1) is 9.06. The Labute approximate surface area is 110 Å². The van der Waals surface area contributed by atoms with Gasteiger partial charge in [-0.05, 0) is 6.42 Å². The summed E-state index contributed by atoms with van der Waals surface area (Å²) in [6.07, 6.45) is 4.21. The smallest absolute Gasteiger partial charge is 0.330 e. The van der Waals surface area contributed by atoms with Crippen molar-refractivity contribution in [2.24, 2.45) is 7.05 Å². The van der Waals surface area contributed by atoms with Gasteiger partial charge < -0.3 is 5.73 Å². The molecule has 0 spiro atoms. The number of imidazole rings is 1. The number of nitrogens with zero attached hydrogens (tertiary/aromatic N) is 3. The predicted octanol–water partition coefficient (Wildman–Crippen LogP) is 0.586. The molecule has 0 aromatic carbocycles. The number of rotatable bonds is 5. The zero-order chi connectivity index (χ0) is 14.0. The maximum Gasteiger partial charge on any atom is 0.330 e. The number of anilines is 1. The molecular formula is C12H19N5O2. The number of H-pyrrole nitrogens is 1. The van der Waals surface area contributed by atoms with Crippen LogP contribution in [0.1, 0.15) is 32.6 Å². The summed E-state index contributed by atoms with van der Waals surface area (Å²) < 4.78 is 2.84. The first-order valence-corrected chi connectivity index (χ1v) is 6.51. The van der Waals surface area contributed by atoms with Crippen LogP contribution in [0.4, 0.5) is 5.95 Å². The van der Waals surface area contributed by atoms with E-state index in [4.69, 9.17) is 5.73 Å². The van der Waals surface area contributed by atoms with Crippen LogP contribution < -0.4 is 17.0 Å². The van der Waals surface area contributed by atoms with Crippen molar-refractivity contribution in [3.8, 4) is 0 Å². The lowest BCUT2D eigenvalue weighted by molar-refractivity contribution is 0.571. The second-order valence-electron chi connectivity index (χ2n) is 4.68. The van der Waals surface area contributed by atoms with Crippen LogP contribution in [0.25, 0.3) is 11.2 Å². The fourth-order valence-corrected chi connectivity index (χ4v) is 2.23. The topological polar surface area (TPSA) is 98.7 Å². The van der Waals surface area contributed by atoms with Gasteiger partial charge in [-0.25, -0.2) is 4.79 Å². The molecular weight excluding hydrogens is 246 g/mol. The second kappa shape index (κ2) is 5.29. The lowest BCUT2D eigenvalue weighted by Gasteiger charge is -2.02. The Balaban J connectivity index is 2.46. The molecule has 19 heavy (non-hydrogen) atoms. The standard InChI is InChI=1S/C12H19N5O2/c1-3-4-5-6-7-17-9-8(16(2)12(17)19)10(18)15-11(13)14-9/h3-7H2,1-2H3,(H3,13,14,15,18). The fraction of sp³-hybridized carbons (Fsp3) is 0.583. The van der Waals surface area contributed by atoms with Crippen molar-refractivity contribution in [2.45, 2.75) is 39.2 Å². The molecule has 2 aromatic heterocycles. The Hall–Kier alpha value is -2.05. The van der Waals surface area contributed by atoms with E-state index in [1.807, 2.05) is 0 Å². The zero-order valence-corrected chi connectivity index (χ0v) is 11.3. The van der Waals surface area contributed by atoms with Crippen LogP contribution in [0, 0.1) is 0 Å². The summed E-state index contributed by atoms with van der Waals surface area (Å²) in [5.41, 5.74) is 5.57. The van der Waals surface area contributed by atoms with Crippen LogP contribution >= 0.6 is 0 Å². The number of hydrogen-bond acceptors (Lipinski definition) is 4. The van der Waals surface area contributed by atoms with E-state index in [1.54, 1.807) is 7.05 Å². The third-order valence-electron chi connectivity index (χ3n) is 3.24. The Morgan fingerprint density at radius 1 is 1.26 bits per heavy atom. The monoisotopic (exact) mass is 265 g/mol. The average molecular weight is 265 g/mol. The van der Waals surface area contributed by atoms with E-state index in [0.29, 0.717) is 12.2 Å². The first kappa shape index (κ1) is 13.4. The molecule has 0 radical (unpaired) electrons. The molecule has 2 heterocycles. The van der Waals surface area contributed by atoms with Gasteiger partial charge in [-0.2, -0.15) is 4.98 Å². The van der Waals surface area contributed by atoms with Crippen LogP contribution in [0.2, 0.25) is 0 Å². The molecule has 0 bridgehead atoms. The van der Waals surface area contributed by atoms with Gasteiger partial charge in [0.1, 0.15) is 0 Å². The minimum absolute atomic E-state index is 0.0328. The van der Waals surface area contributed by atoms with E-state index in [9.17, 15) is 9.59 Å². The summed E-state index contributed by atoms with van der Waals surface area (Å²) in [7, 11) is 1.57. The van der Waals surface area contributed by atoms with Gasteiger partial charge in [0.15, 0.2) is 11.2 Å². The van der Waals surface area contributed by atoms with Crippen molar-refractivity contribution in [1.29, 1.82) is 0 Å². The quantitative estimate of drug-likeness (QED) is 0.773. The fourth-order valence-electron chi connectivity index (χ4n) is 2.23. The molecule has 0 saturated heterocycles. The van der Waals surface area contributed by atoms with Crippen molar-refractivity contribution >= 4 is 17.1 Å². The van der Waals surface area contributed by atoms with Crippen LogP contribution in [-0.4, -0.2) is 19.1 Å². The minimum Gasteiger partial charge on any atom is -0.369 e. The van der Waals surface area contributed by atoms with Crippen LogP contribution in [0.5, 0.6) is 0 Å². The molecule has 7 heteroatoms. The number of unbranched alkanes of at least 4 members (excludes halogenated alkanes) is 3. The summed E-state index contributed by atoms with van der Waals surface area (Å²) >= 11 is 0. The van der Waals surface area contributed by atoms with Crippen molar-refractivity contribution in [3.63, 3.8) is 0 Å². The normalized spacial score (nSPS) is 11.3. The molecule has 0 amide bonds. The lowest BCUT2D eigenvalue weighted by atomic mass is 10.2. The van der Waals surface area contributed by atoms with Crippen LogP contribution in [0.15, 0.2) is 9.59 Å². The third-order valence-corrected chi connectivity index (χ3v) is 3.24. The van der Waals surface area contributed by atoms with Crippen molar-refractivity contribution in [3.05, 3.63) is 20.8 Å². The highest BCUT2D eigenvalue weighted by Crippen LogP contribution is 2.08. The van der Waals surface area contributed by atoms with Crippen LogP contribution in [0.3, 0.4) is 0 Å². The number of hydrogen-bond donors (Lipinski definition) is 2. The molecule has 104 valence electrons. The molecule has 0 aliphatic rings. The SMILES string of the molecule is CCCCCCn1c(=O)n(C)c2c(=O)[nH]c(N)nc21. The Kier molecular flexibility index (Phi) is 3.73.